The minimum Gasteiger partial charge on any atom is -0.369 e. The molecule has 104 valence electrons. The molecule has 20 heavy (non-hydrogen) atoms. The molecule has 0 unspecified atom stereocenters. The van der Waals surface area contributed by atoms with E-state index in [9.17, 15) is 4.79 Å². The second kappa shape index (κ2) is 6.00. The van der Waals surface area contributed by atoms with Gasteiger partial charge in [0.2, 0.25) is 0 Å². The monoisotopic (exact) mass is 334 g/mol. The van der Waals surface area contributed by atoms with Gasteiger partial charge in [0.15, 0.2) is 0 Å². The Labute approximate surface area is 125 Å². The summed E-state index contributed by atoms with van der Waals surface area (Å²) in [6.45, 7) is 0. The highest BCUT2D eigenvalue weighted by atomic mass is 79.9. The molecule has 5 nitrogen and oxygen atoms in total. The van der Waals surface area contributed by atoms with Crippen molar-refractivity contribution in [2.24, 2.45) is 12.0 Å². The van der Waals surface area contributed by atoms with Crippen LogP contribution in [0.25, 0.3) is 11.3 Å². The van der Waals surface area contributed by atoms with E-state index in [1.54, 1.807) is 18.3 Å². The Hall–Kier alpha value is -1.95. The first kappa shape index (κ1) is 14.5. The molecule has 0 N–H and O–H groups in total. The molecule has 0 saturated carbocycles. The molecule has 1 aromatic carbocycles. The molecule has 0 saturated heterocycles. The first-order valence-electron chi connectivity index (χ1n) is 6.03. The van der Waals surface area contributed by atoms with Crippen LogP contribution in [0.5, 0.6) is 0 Å². The molecule has 1 aromatic heterocycles. The number of aliphatic imine (C=N–C) groups is 1. The molecule has 2 rings (SSSR count). The first-order chi connectivity index (χ1) is 9.50. The average Bonchev–Trinajstić information content (AvgIpc) is 2.44. The zero-order valence-electron chi connectivity index (χ0n) is 11.5. The van der Waals surface area contributed by atoms with Gasteiger partial charge in [-0.3, -0.25) is 4.79 Å². The SMILES string of the molecule is CN(C)C=Nc1c(-c2ccccc2)nn(C)c(=O)c1Br. The molecule has 0 aliphatic heterocycles. The van der Waals surface area contributed by atoms with Crippen LogP contribution in [-0.2, 0) is 7.05 Å². The third kappa shape index (κ3) is 2.96. The molecule has 0 atom stereocenters. The number of aryl methyl sites for hydroxylation is 1. The van der Waals surface area contributed by atoms with Gasteiger partial charge in [-0.05, 0) is 15.9 Å². The number of benzene rings is 1. The minimum atomic E-state index is -0.212. The maximum Gasteiger partial charge on any atom is 0.283 e. The Morgan fingerprint density at radius 3 is 2.55 bits per heavy atom. The highest BCUT2D eigenvalue weighted by Gasteiger charge is 2.14. The molecule has 0 radical (unpaired) electrons. The summed E-state index contributed by atoms with van der Waals surface area (Å²) in [4.78, 5) is 18.1. The molecule has 6 heteroatoms. The lowest BCUT2D eigenvalue weighted by Gasteiger charge is -2.10. The lowest BCUT2D eigenvalue weighted by molar-refractivity contribution is 0.642. The normalized spacial score (nSPS) is 11.0. The summed E-state index contributed by atoms with van der Waals surface area (Å²) in [6.07, 6.45) is 1.65. The summed E-state index contributed by atoms with van der Waals surface area (Å²) in [5.41, 5.74) is 1.90. The number of hydrogen-bond donors (Lipinski definition) is 0. The second-order valence-electron chi connectivity index (χ2n) is 4.51. The molecule has 0 aliphatic carbocycles. The van der Waals surface area contributed by atoms with Crippen molar-refractivity contribution in [1.82, 2.24) is 14.7 Å². The van der Waals surface area contributed by atoms with Crippen LogP contribution in [0, 0.1) is 0 Å². The molecular formula is C14H15BrN4O. The van der Waals surface area contributed by atoms with E-state index in [1.165, 1.54) is 4.68 Å². The van der Waals surface area contributed by atoms with Gasteiger partial charge >= 0.3 is 0 Å². The van der Waals surface area contributed by atoms with Crippen molar-refractivity contribution >= 4 is 28.0 Å². The molecule has 0 spiro atoms. The van der Waals surface area contributed by atoms with Crippen LogP contribution in [0.4, 0.5) is 5.69 Å². The summed E-state index contributed by atoms with van der Waals surface area (Å²) < 4.78 is 1.72. The predicted molar refractivity (Wildman–Crippen MR) is 84.5 cm³/mol. The van der Waals surface area contributed by atoms with Gasteiger partial charge in [-0.15, -0.1) is 0 Å². The topological polar surface area (TPSA) is 50.5 Å². The standard InChI is InChI=1S/C14H15BrN4O/c1-18(2)9-16-13-11(15)14(20)19(3)17-12(13)10-7-5-4-6-8-10/h4-9H,1-3H3. The maximum absolute atomic E-state index is 12.0. The van der Waals surface area contributed by atoms with Gasteiger partial charge in [-0.2, -0.15) is 5.10 Å². The van der Waals surface area contributed by atoms with E-state index in [-0.39, 0.29) is 5.56 Å². The summed E-state index contributed by atoms with van der Waals surface area (Å²) in [6, 6.07) is 9.66. The first-order valence-corrected chi connectivity index (χ1v) is 6.83. The Bertz CT molecular complexity index is 692. The largest absolute Gasteiger partial charge is 0.369 e. The summed E-state index contributed by atoms with van der Waals surface area (Å²) in [5, 5.41) is 4.32. The van der Waals surface area contributed by atoms with Crippen molar-refractivity contribution < 1.29 is 0 Å². The van der Waals surface area contributed by atoms with E-state index in [2.05, 4.69) is 26.0 Å². The van der Waals surface area contributed by atoms with Crippen molar-refractivity contribution in [2.45, 2.75) is 0 Å². The average molecular weight is 335 g/mol. The van der Waals surface area contributed by atoms with E-state index < -0.39 is 0 Å². The van der Waals surface area contributed by atoms with Crippen LogP contribution in [0.15, 0.2) is 44.6 Å². The lowest BCUT2D eigenvalue weighted by Crippen LogP contribution is -2.21. The smallest absolute Gasteiger partial charge is 0.283 e. The molecule has 0 amide bonds. The van der Waals surface area contributed by atoms with Gasteiger partial charge in [0.1, 0.15) is 15.9 Å². The quantitative estimate of drug-likeness (QED) is 0.639. The Kier molecular flexibility index (Phi) is 4.34. The fourth-order valence-electron chi connectivity index (χ4n) is 1.67. The van der Waals surface area contributed by atoms with E-state index >= 15 is 0 Å². The maximum atomic E-state index is 12.0. The zero-order valence-corrected chi connectivity index (χ0v) is 13.1. The molecule has 1 heterocycles. The third-order valence-electron chi connectivity index (χ3n) is 2.63. The van der Waals surface area contributed by atoms with Crippen LogP contribution >= 0.6 is 15.9 Å². The van der Waals surface area contributed by atoms with E-state index in [1.807, 2.05) is 44.4 Å². The fourth-order valence-corrected chi connectivity index (χ4v) is 2.22. The molecular weight excluding hydrogens is 320 g/mol. The van der Waals surface area contributed by atoms with Gasteiger partial charge < -0.3 is 4.90 Å². The lowest BCUT2D eigenvalue weighted by atomic mass is 10.1. The zero-order chi connectivity index (χ0) is 14.7. The summed E-state index contributed by atoms with van der Waals surface area (Å²) in [7, 11) is 5.36. The molecule has 2 aromatic rings. The van der Waals surface area contributed by atoms with E-state index in [0.717, 1.165) is 5.56 Å². The highest BCUT2D eigenvalue weighted by molar-refractivity contribution is 9.10. The van der Waals surface area contributed by atoms with Crippen LogP contribution in [0.2, 0.25) is 0 Å². The van der Waals surface area contributed by atoms with E-state index in [4.69, 9.17) is 0 Å². The summed E-state index contributed by atoms with van der Waals surface area (Å²) >= 11 is 3.32. The number of halogens is 1. The van der Waals surface area contributed by atoms with Gasteiger partial charge in [0, 0.05) is 26.7 Å². The number of rotatable bonds is 3. The van der Waals surface area contributed by atoms with Crippen LogP contribution in [0.3, 0.4) is 0 Å². The number of hydrogen-bond acceptors (Lipinski definition) is 3. The highest BCUT2D eigenvalue weighted by Crippen LogP contribution is 2.32. The van der Waals surface area contributed by atoms with Crippen LogP contribution < -0.4 is 5.56 Å². The number of aromatic nitrogens is 2. The third-order valence-corrected chi connectivity index (χ3v) is 3.34. The molecule has 0 fully saturated rings. The fraction of sp³-hybridized carbons (Fsp3) is 0.214. The Morgan fingerprint density at radius 2 is 1.95 bits per heavy atom. The van der Waals surface area contributed by atoms with Crippen molar-refractivity contribution in [3.8, 4) is 11.3 Å². The summed E-state index contributed by atoms with van der Waals surface area (Å²) in [5.74, 6) is 0. The van der Waals surface area contributed by atoms with Crippen molar-refractivity contribution in [3.05, 3.63) is 45.2 Å². The van der Waals surface area contributed by atoms with E-state index in [0.29, 0.717) is 15.9 Å². The van der Waals surface area contributed by atoms with Crippen molar-refractivity contribution in [2.75, 3.05) is 14.1 Å². The molecule has 0 aliphatic rings. The second-order valence-corrected chi connectivity index (χ2v) is 5.31. The van der Waals surface area contributed by atoms with Crippen LogP contribution in [0.1, 0.15) is 0 Å². The van der Waals surface area contributed by atoms with Gasteiger partial charge in [-0.25, -0.2) is 9.67 Å². The Morgan fingerprint density at radius 1 is 1.30 bits per heavy atom. The van der Waals surface area contributed by atoms with Gasteiger partial charge in [0.25, 0.3) is 5.56 Å². The Balaban J connectivity index is 2.70. The van der Waals surface area contributed by atoms with Crippen molar-refractivity contribution in [1.29, 1.82) is 0 Å². The number of nitrogens with zero attached hydrogens (tertiary/aromatic N) is 4. The predicted octanol–water partition coefficient (Wildman–Crippen LogP) is 2.43. The molecule has 0 bridgehead atoms. The van der Waals surface area contributed by atoms with Crippen LogP contribution in [-0.4, -0.2) is 35.1 Å². The minimum absolute atomic E-state index is 0.212. The van der Waals surface area contributed by atoms with Gasteiger partial charge in [0.05, 0.1) is 6.34 Å². The van der Waals surface area contributed by atoms with Crippen molar-refractivity contribution in [3.63, 3.8) is 0 Å². The van der Waals surface area contributed by atoms with Gasteiger partial charge in [-0.1, -0.05) is 30.3 Å².